The van der Waals surface area contributed by atoms with Crippen molar-refractivity contribution in [2.75, 3.05) is 19.6 Å². The van der Waals surface area contributed by atoms with E-state index in [2.05, 4.69) is 29.7 Å². The van der Waals surface area contributed by atoms with Crippen molar-refractivity contribution in [3.8, 4) is 0 Å². The lowest BCUT2D eigenvalue weighted by Gasteiger charge is -2.19. The van der Waals surface area contributed by atoms with Gasteiger partial charge in [-0.1, -0.05) is 18.2 Å². The molecular formula is C17H23N3O2. The van der Waals surface area contributed by atoms with Gasteiger partial charge < -0.3 is 20.0 Å². The molecular weight excluding hydrogens is 278 g/mol. The molecule has 5 heteroatoms. The van der Waals surface area contributed by atoms with Crippen molar-refractivity contribution in [1.29, 1.82) is 0 Å². The molecule has 0 saturated carbocycles. The molecule has 22 heavy (non-hydrogen) atoms. The molecule has 2 atom stereocenters. The second-order valence-corrected chi connectivity index (χ2v) is 5.84. The van der Waals surface area contributed by atoms with E-state index in [1.54, 1.807) is 0 Å². The summed E-state index contributed by atoms with van der Waals surface area (Å²) in [5.74, 6) is 0.942. The fourth-order valence-electron chi connectivity index (χ4n) is 3.00. The predicted molar refractivity (Wildman–Crippen MR) is 86.8 cm³/mol. The van der Waals surface area contributed by atoms with E-state index < -0.39 is 0 Å². The normalized spacial score (nSPS) is 19.5. The molecule has 1 aliphatic rings. The van der Waals surface area contributed by atoms with Crippen LogP contribution in [-0.2, 0) is 0 Å². The quantitative estimate of drug-likeness (QED) is 0.913. The fourth-order valence-corrected chi connectivity index (χ4v) is 3.00. The number of hydrogen-bond acceptors (Lipinski definition) is 3. The van der Waals surface area contributed by atoms with Gasteiger partial charge in [0, 0.05) is 31.1 Å². The monoisotopic (exact) mass is 301 g/mol. The van der Waals surface area contributed by atoms with Crippen LogP contribution in [0.4, 0.5) is 4.79 Å². The van der Waals surface area contributed by atoms with Gasteiger partial charge in [0.25, 0.3) is 0 Å². The largest absolute Gasteiger partial charge is 0.459 e. The van der Waals surface area contributed by atoms with Crippen molar-refractivity contribution in [1.82, 2.24) is 15.5 Å². The second kappa shape index (κ2) is 6.40. The molecule has 0 aliphatic carbocycles. The number of amides is 2. The predicted octanol–water partition coefficient (Wildman–Crippen LogP) is 2.89. The Morgan fingerprint density at radius 1 is 1.45 bits per heavy atom. The Morgan fingerprint density at radius 2 is 2.27 bits per heavy atom. The van der Waals surface area contributed by atoms with Crippen molar-refractivity contribution in [2.24, 2.45) is 0 Å². The lowest BCUT2D eigenvalue weighted by atomic mass is 10.2. The highest BCUT2D eigenvalue weighted by Crippen LogP contribution is 2.24. The average molecular weight is 301 g/mol. The molecule has 1 fully saturated rings. The fraction of sp³-hybridized carbons (Fsp3) is 0.471. The van der Waals surface area contributed by atoms with Gasteiger partial charge in [0.1, 0.15) is 11.3 Å². The molecule has 5 nitrogen and oxygen atoms in total. The molecule has 2 amide bonds. The maximum atomic E-state index is 11.8. The highest BCUT2D eigenvalue weighted by molar-refractivity contribution is 5.77. The lowest BCUT2D eigenvalue weighted by Crippen LogP contribution is -2.41. The number of para-hydroxylation sites is 1. The highest BCUT2D eigenvalue weighted by Gasteiger charge is 2.27. The van der Waals surface area contributed by atoms with E-state index in [1.807, 2.05) is 30.0 Å². The number of likely N-dealkylation sites (tertiary alicyclic amines) is 1. The number of rotatable bonds is 4. The first-order valence-electron chi connectivity index (χ1n) is 7.94. The highest BCUT2D eigenvalue weighted by atomic mass is 16.3. The third-order valence-electron chi connectivity index (χ3n) is 4.16. The standard InChI is InChI=1S/C17H23N3O2/c1-3-18-17(21)20-9-8-14(11-20)19-12(2)16-10-13-6-4-5-7-15(13)22-16/h4-7,10,12,14,19H,3,8-9,11H2,1-2H3,(H,18,21)/t12-,14-/m0/s1. The Morgan fingerprint density at radius 3 is 3.05 bits per heavy atom. The topological polar surface area (TPSA) is 57.5 Å². The summed E-state index contributed by atoms with van der Waals surface area (Å²) in [6.07, 6.45) is 0.974. The minimum absolute atomic E-state index is 0.0307. The Balaban J connectivity index is 1.60. The molecule has 2 heterocycles. The van der Waals surface area contributed by atoms with Gasteiger partial charge in [0.15, 0.2) is 0 Å². The van der Waals surface area contributed by atoms with Gasteiger partial charge in [-0.2, -0.15) is 0 Å². The Kier molecular flexibility index (Phi) is 4.34. The second-order valence-electron chi connectivity index (χ2n) is 5.84. The van der Waals surface area contributed by atoms with Crippen LogP contribution in [0.1, 0.15) is 32.1 Å². The number of furan rings is 1. The van der Waals surface area contributed by atoms with Crippen LogP contribution < -0.4 is 10.6 Å². The Hall–Kier alpha value is -2.01. The smallest absolute Gasteiger partial charge is 0.317 e. The summed E-state index contributed by atoms with van der Waals surface area (Å²) >= 11 is 0. The number of nitrogens with zero attached hydrogens (tertiary/aromatic N) is 1. The minimum atomic E-state index is 0.0307. The zero-order chi connectivity index (χ0) is 15.5. The van der Waals surface area contributed by atoms with Crippen molar-refractivity contribution in [3.05, 3.63) is 36.1 Å². The SMILES string of the molecule is CCNC(=O)N1CC[C@H](N[C@@H](C)c2cc3ccccc3o2)C1. The number of fused-ring (bicyclic) bond motifs is 1. The summed E-state index contributed by atoms with van der Waals surface area (Å²) in [5, 5.41) is 7.55. The van der Waals surface area contributed by atoms with E-state index in [9.17, 15) is 4.79 Å². The summed E-state index contributed by atoms with van der Waals surface area (Å²) in [7, 11) is 0. The van der Waals surface area contributed by atoms with Crippen LogP contribution in [0.5, 0.6) is 0 Å². The maximum absolute atomic E-state index is 11.8. The van der Waals surface area contributed by atoms with Crippen LogP contribution in [0.2, 0.25) is 0 Å². The van der Waals surface area contributed by atoms with Gasteiger partial charge in [0.2, 0.25) is 0 Å². The van der Waals surface area contributed by atoms with E-state index in [-0.39, 0.29) is 12.1 Å². The van der Waals surface area contributed by atoms with Gasteiger partial charge in [-0.15, -0.1) is 0 Å². The minimum Gasteiger partial charge on any atom is -0.459 e. The molecule has 0 radical (unpaired) electrons. The van der Waals surface area contributed by atoms with Crippen molar-refractivity contribution in [2.45, 2.75) is 32.4 Å². The van der Waals surface area contributed by atoms with Crippen LogP contribution in [0.3, 0.4) is 0 Å². The van der Waals surface area contributed by atoms with E-state index in [0.29, 0.717) is 12.6 Å². The number of carbonyl (C=O) groups is 1. The van der Waals surface area contributed by atoms with Gasteiger partial charge in [-0.3, -0.25) is 0 Å². The van der Waals surface area contributed by atoms with Gasteiger partial charge in [0.05, 0.1) is 6.04 Å². The zero-order valence-corrected chi connectivity index (χ0v) is 13.1. The number of urea groups is 1. The summed E-state index contributed by atoms with van der Waals surface area (Å²) in [4.78, 5) is 13.7. The molecule has 2 aromatic rings. The summed E-state index contributed by atoms with van der Waals surface area (Å²) in [6.45, 7) is 6.26. The maximum Gasteiger partial charge on any atom is 0.317 e. The van der Waals surface area contributed by atoms with Crippen LogP contribution in [0.15, 0.2) is 34.7 Å². The van der Waals surface area contributed by atoms with Crippen molar-refractivity contribution >= 4 is 17.0 Å². The number of carbonyl (C=O) groups excluding carboxylic acids is 1. The van der Waals surface area contributed by atoms with E-state index in [4.69, 9.17) is 4.42 Å². The van der Waals surface area contributed by atoms with Gasteiger partial charge in [-0.05, 0) is 32.4 Å². The van der Waals surface area contributed by atoms with Crippen molar-refractivity contribution in [3.63, 3.8) is 0 Å². The van der Waals surface area contributed by atoms with E-state index >= 15 is 0 Å². The molecule has 0 bridgehead atoms. The molecule has 1 aromatic heterocycles. The molecule has 2 N–H and O–H groups in total. The van der Waals surface area contributed by atoms with Gasteiger partial charge in [-0.25, -0.2) is 4.79 Å². The van der Waals surface area contributed by atoms with Crippen LogP contribution in [-0.4, -0.2) is 36.6 Å². The third-order valence-corrected chi connectivity index (χ3v) is 4.16. The molecule has 118 valence electrons. The van der Waals surface area contributed by atoms with Crippen LogP contribution in [0.25, 0.3) is 11.0 Å². The average Bonchev–Trinajstić information content (AvgIpc) is 3.13. The summed E-state index contributed by atoms with van der Waals surface area (Å²) < 4.78 is 5.90. The summed E-state index contributed by atoms with van der Waals surface area (Å²) in [5.41, 5.74) is 0.918. The van der Waals surface area contributed by atoms with Crippen molar-refractivity contribution < 1.29 is 9.21 Å². The first-order valence-corrected chi connectivity index (χ1v) is 7.94. The Labute approximate surface area is 130 Å². The molecule has 1 aliphatic heterocycles. The Bertz CT molecular complexity index is 619. The molecule has 3 rings (SSSR count). The van der Waals surface area contributed by atoms with Crippen LogP contribution >= 0.6 is 0 Å². The van der Waals surface area contributed by atoms with E-state index in [0.717, 1.165) is 36.2 Å². The molecule has 0 spiro atoms. The first kappa shape index (κ1) is 14.9. The number of benzene rings is 1. The number of nitrogens with one attached hydrogen (secondary N) is 2. The molecule has 0 unspecified atom stereocenters. The van der Waals surface area contributed by atoms with Crippen LogP contribution in [0, 0.1) is 0 Å². The van der Waals surface area contributed by atoms with Gasteiger partial charge >= 0.3 is 6.03 Å². The summed E-state index contributed by atoms with van der Waals surface area (Å²) in [6, 6.07) is 10.6. The molecule has 1 aromatic carbocycles. The first-order chi connectivity index (χ1) is 10.7. The third kappa shape index (κ3) is 3.09. The van der Waals surface area contributed by atoms with E-state index in [1.165, 1.54) is 0 Å². The molecule has 1 saturated heterocycles. The lowest BCUT2D eigenvalue weighted by molar-refractivity contribution is 0.208. The number of hydrogen-bond donors (Lipinski definition) is 2. The zero-order valence-electron chi connectivity index (χ0n) is 13.1.